The molecule has 0 atom stereocenters. The normalized spacial score (nSPS) is 11.6. The Morgan fingerprint density at radius 2 is 1.58 bits per heavy atom. The Bertz CT molecular complexity index is 909. The highest BCUT2D eigenvalue weighted by Crippen LogP contribution is 2.22. The number of amides is 1. The van der Waals surface area contributed by atoms with Gasteiger partial charge < -0.3 is 5.32 Å². The maximum Gasteiger partial charge on any atom is 0.258 e. The Morgan fingerprint density at radius 1 is 1.00 bits per heavy atom. The fraction of sp³-hybridized carbons (Fsp3) is 0.235. The number of nitrogens with zero attached hydrogens (tertiary/aromatic N) is 1. The van der Waals surface area contributed by atoms with Crippen molar-refractivity contribution in [2.75, 3.05) is 18.4 Å². The Balaban J connectivity index is 2.43. The molecule has 0 aromatic heterocycles. The summed E-state index contributed by atoms with van der Waals surface area (Å²) < 4.78 is 67.4. The number of hydrogen-bond donors (Lipinski definition) is 1. The van der Waals surface area contributed by atoms with Crippen LogP contribution in [-0.4, -0.2) is 31.7 Å². The second-order valence-electron chi connectivity index (χ2n) is 5.28. The van der Waals surface area contributed by atoms with Gasteiger partial charge in [0.2, 0.25) is 10.0 Å². The molecule has 1 N–H and O–H groups in total. The van der Waals surface area contributed by atoms with Crippen molar-refractivity contribution >= 4 is 21.6 Å². The smallest absolute Gasteiger partial charge is 0.258 e. The Morgan fingerprint density at radius 3 is 2.12 bits per heavy atom. The van der Waals surface area contributed by atoms with Gasteiger partial charge in [-0.1, -0.05) is 19.9 Å². The number of nitrogens with one attached hydrogen (secondary N) is 1. The van der Waals surface area contributed by atoms with E-state index in [9.17, 15) is 26.4 Å². The van der Waals surface area contributed by atoms with Crippen LogP contribution in [0.4, 0.5) is 18.9 Å². The van der Waals surface area contributed by atoms with Crippen molar-refractivity contribution in [3.63, 3.8) is 0 Å². The van der Waals surface area contributed by atoms with E-state index in [1.807, 2.05) is 5.32 Å². The zero-order chi connectivity index (χ0) is 19.5. The predicted octanol–water partition coefficient (Wildman–Crippen LogP) is 3.39. The molecule has 0 saturated heterocycles. The van der Waals surface area contributed by atoms with Crippen LogP contribution in [0.1, 0.15) is 24.2 Å². The minimum Gasteiger partial charge on any atom is -0.317 e. The summed E-state index contributed by atoms with van der Waals surface area (Å²) in [5.74, 6) is -4.25. The van der Waals surface area contributed by atoms with E-state index in [1.54, 1.807) is 13.8 Å². The minimum atomic E-state index is -3.92. The topological polar surface area (TPSA) is 66.5 Å². The number of carbonyl (C=O) groups is 1. The number of benzene rings is 2. The zero-order valence-electron chi connectivity index (χ0n) is 14.1. The molecule has 0 radical (unpaired) electrons. The highest BCUT2D eigenvalue weighted by Gasteiger charge is 2.25. The molecule has 0 bridgehead atoms. The van der Waals surface area contributed by atoms with E-state index in [2.05, 4.69) is 0 Å². The molecule has 1 amide bonds. The van der Waals surface area contributed by atoms with Gasteiger partial charge in [-0.3, -0.25) is 4.79 Å². The first-order chi connectivity index (χ1) is 12.2. The number of hydrogen-bond acceptors (Lipinski definition) is 3. The summed E-state index contributed by atoms with van der Waals surface area (Å²) in [4.78, 5) is 11.9. The average molecular weight is 386 g/mol. The van der Waals surface area contributed by atoms with E-state index in [1.165, 1.54) is 0 Å². The number of rotatable bonds is 6. The Kier molecular flexibility index (Phi) is 6.04. The molecule has 0 saturated carbocycles. The molecule has 0 unspecified atom stereocenters. The van der Waals surface area contributed by atoms with Crippen LogP contribution in [0.2, 0.25) is 0 Å². The average Bonchev–Trinajstić information content (AvgIpc) is 2.59. The van der Waals surface area contributed by atoms with Crippen LogP contribution in [0.25, 0.3) is 0 Å². The molecule has 0 spiro atoms. The number of para-hydroxylation sites is 1. The third kappa shape index (κ3) is 3.88. The van der Waals surface area contributed by atoms with Crippen molar-refractivity contribution in [2.24, 2.45) is 0 Å². The SMILES string of the molecule is CCN(CC)S(=O)(=O)c1ccc(F)c(C(=O)Nc2c(F)cccc2F)c1. The summed E-state index contributed by atoms with van der Waals surface area (Å²) in [6, 6.07) is 5.66. The van der Waals surface area contributed by atoms with Crippen molar-refractivity contribution in [2.45, 2.75) is 18.7 Å². The number of sulfonamides is 1. The van der Waals surface area contributed by atoms with Gasteiger partial charge in [-0.2, -0.15) is 4.31 Å². The van der Waals surface area contributed by atoms with Crippen LogP contribution >= 0.6 is 0 Å². The lowest BCUT2D eigenvalue weighted by Gasteiger charge is -2.19. The molecule has 0 aliphatic carbocycles. The maximum absolute atomic E-state index is 14.0. The lowest BCUT2D eigenvalue weighted by molar-refractivity contribution is 0.102. The van der Waals surface area contributed by atoms with Crippen LogP contribution < -0.4 is 5.32 Å². The van der Waals surface area contributed by atoms with Crippen molar-refractivity contribution in [1.82, 2.24) is 4.31 Å². The van der Waals surface area contributed by atoms with Crippen LogP contribution in [0.5, 0.6) is 0 Å². The zero-order valence-corrected chi connectivity index (χ0v) is 14.9. The quantitative estimate of drug-likeness (QED) is 0.828. The molecule has 9 heteroatoms. The molecule has 2 aromatic rings. The third-order valence-corrected chi connectivity index (χ3v) is 5.77. The Hall–Kier alpha value is -2.39. The first kappa shape index (κ1) is 19.9. The molecular formula is C17H17F3N2O3S. The molecule has 5 nitrogen and oxygen atoms in total. The van der Waals surface area contributed by atoms with Gasteiger partial charge in [-0.25, -0.2) is 21.6 Å². The molecule has 2 rings (SSSR count). The van der Waals surface area contributed by atoms with Gasteiger partial charge in [0.05, 0.1) is 10.5 Å². The van der Waals surface area contributed by atoms with Crippen LogP contribution in [0, 0.1) is 17.5 Å². The second-order valence-corrected chi connectivity index (χ2v) is 7.22. The van der Waals surface area contributed by atoms with E-state index in [4.69, 9.17) is 0 Å². The minimum absolute atomic E-state index is 0.193. The fourth-order valence-electron chi connectivity index (χ4n) is 2.35. The van der Waals surface area contributed by atoms with E-state index < -0.39 is 44.6 Å². The summed E-state index contributed by atoms with van der Waals surface area (Å²) in [5.41, 5.74) is -1.38. The van der Waals surface area contributed by atoms with Gasteiger partial charge in [-0.05, 0) is 30.3 Å². The van der Waals surface area contributed by atoms with Gasteiger partial charge in [0.25, 0.3) is 5.91 Å². The number of anilines is 1. The van der Waals surface area contributed by atoms with Crippen LogP contribution in [-0.2, 0) is 10.0 Å². The van der Waals surface area contributed by atoms with E-state index >= 15 is 0 Å². The summed E-state index contributed by atoms with van der Waals surface area (Å²) in [5, 5.41) is 1.93. The van der Waals surface area contributed by atoms with E-state index in [0.29, 0.717) is 0 Å². The van der Waals surface area contributed by atoms with Crippen molar-refractivity contribution in [1.29, 1.82) is 0 Å². The van der Waals surface area contributed by atoms with Crippen molar-refractivity contribution in [3.8, 4) is 0 Å². The van der Waals surface area contributed by atoms with Crippen LogP contribution in [0.3, 0.4) is 0 Å². The molecule has 0 heterocycles. The number of halogens is 3. The summed E-state index contributed by atoms with van der Waals surface area (Å²) in [6.45, 7) is 3.66. The largest absolute Gasteiger partial charge is 0.317 e. The third-order valence-electron chi connectivity index (χ3n) is 3.73. The standard InChI is InChI=1S/C17H17F3N2O3S/c1-3-22(4-2)26(24,25)11-8-9-13(18)12(10-11)17(23)21-16-14(19)6-5-7-15(16)20/h5-10H,3-4H2,1-2H3,(H,21,23). The van der Waals surface area contributed by atoms with Gasteiger partial charge in [0.1, 0.15) is 23.1 Å². The molecule has 140 valence electrons. The second kappa shape index (κ2) is 7.88. The number of carbonyl (C=O) groups excluding carboxylic acids is 1. The molecule has 26 heavy (non-hydrogen) atoms. The molecular weight excluding hydrogens is 369 g/mol. The highest BCUT2D eigenvalue weighted by atomic mass is 32.2. The van der Waals surface area contributed by atoms with Gasteiger partial charge in [0, 0.05) is 13.1 Å². The molecule has 0 fully saturated rings. The maximum atomic E-state index is 14.0. The van der Waals surface area contributed by atoms with Crippen molar-refractivity contribution < 1.29 is 26.4 Å². The van der Waals surface area contributed by atoms with Crippen molar-refractivity contribution in [3.05, 3.63) is 59.4 Å². The fourth-order valence-corrected chi connectivity index (χ4v) is 3.83. The lowest BCUT2D eigenvalue weighted by Crippen LogP contribution is -2.31. The Labute approximate surface area is 149 Å². The summed E-state index contributed by atoms with van der Waals surface area (Å²) >= 11 is 0. The monoisotopic (exact) mass is 386 g/mol. The highest BCUT2D eigenvalue weighted by molar-refractivity contribution is 7.89. The van der Waals surface area contributed by atoms with E-state index in [-0.39, 0.29) is 18.0 Å². The van der Waals surface area contributed by atoms with E-state index in [0.717, 1.165) is 40.7 Å². The molecule has 2 aromatic carbocycles. The first-order valence-electron chi connectivity index (χ1n) is 7.77. The lowest BCUT2D eigenvalue weighted by atomic mass is 10.2. The predicted molar refractivity (Wildman–Crippen MR) is 90.8 cm³/mol. The van der Waals surface area contributed by atoms with Gasteiger partial charge >= 0.3 is 0 Å². The van der Waals surface area contributed by atoms with Gasteiger partial charge in [0.15, 0.2) is 0 Å². The summed E-state index contributed by atoms with van der Waals surface area (Å²) in [6.07, 6.45) is 0. The molecule has 0 aliphatic heterocycles. The molecule has 0 aliphatic rings. The summed E-state index contributed by atoms with van der Waals surface area (Å²) in [7, 11) is -3.92. The van der Waals surface area contributed by atoms with Gasteiger partial charge in [-0.15, -0.1) is 0 Å². The first-order valence-corrected chi connectivity index (χ1v) is 9.21. The van der Waals surface area contributed by atoms with Crippen LogP contribution in [0.15, 0.2) is 41.3 Å².